The Hall–Kier alpha value is -2.67. The first-order chi connectivity index (χ1) is 13.9. The number of rotatable bonds is 5. The van der Waals surface area contributed by atoms with E-state index >= 15 is 0 Å². The number of amides is 2. The molecule has 0 saturated carbocycles. The van der Waals surface area contributed by atoms with Crippen LogP contribution < -0.4 is 14.8 Å². The van der Waals surface area contributed by atoms with Crippen molar-refractivity contribution in [1.29, 1.82) is 0 Å². The van der Waals surface area contributed by atoms with E-state index in [1.165, 1.54) is 7.11 Å². The van der Waals surface area contributed by atoms with E-state index in [4.69, 9.17) is 9.47 Å². The average molecular weight is 413 g/mol. The number of carbonyl (C=O) groups excluding carboxylic acids is 2. The number of hydrogen-bond acceptors (Lipinski definition) is 5. The van der Waals surface area contributed by atoms with Gasteiger partial charge in [-0.15, -0.1) is 11.8 Å². The number of methoxy groups -OCH3 is 2. The molecular formula is C22H24N2O4S. The summed E-state index contributed by atoms with van der Waals surface area (Å²) < 4.78 is 10.4. The highest BCUT2D eigenvalue weighted by Gasteiger charge is 2.58. The number of fused-ring (bicyclic) bond motifs is 3. The Morgan fingerprint density at radius 1 is 1.14 bits per heavy atom. The second kappa shape index (κ2) is 7.30. The molecule has 7 heteroatoms. The van der Waals surface area contributed by atoms with Crippen molar-refractivity contribution in [2.75, 3.05) is 14.2 Å². The first-order valence-corrected chi connectivity index (χ1v) is 10.3. The largest absolute Gasteiger partial charge is 0.493 e. The van der Waals surface area contributed by atoms with Gasteiger partial charge in [-0.25, -0.2) is 0 Å². The van der Waals surface area contributed by atoms with Gasteiger partial charge in [-0.05, 0) is 25.5 Å². The van der Waals surface area contributed by atoms with Crippen molar-refractivity contribution in [3.63, 3.8) is 0 Å². The summed E-state index contributed by atoms with van der Waals surface area (Å²) in [5, 5.41) is 2.78. The molecule has 2 aliphatic rings. The number of nitrogens with one attached hydrogen (secondary N) is 1. The summed E-state index contributed by atoms with van der Waals surface area (Å²) in [5.74, 6) is 0.584. The van der Waals surface area contributed by atoms with Crippen LogP contribution in [0.2, 0.25) is 0 Å². The van der Waals surface area contributed by atoms with E-state index in [0.29, 0.717) is 23.6 Å². The van der Waals surface area contributed by atoms with Gasteiger partial charge < -0.3 is 19.7 Å². The quantitative estimate of drug-likeness (QED) is 0.816. The summed E-state index contributed by atoms with van der Waals surface area (Å²) >= 11 is 1.62. The first kappa shape index (κ1) is 19.6. The third-order valence-electron chi connectivity index (χ3n) is 5.45. The Morgan fingerprint density at radius 2 is 1.86 bits per heavy atom. The molecule has 0 radical (unpaired) electrons. The second-order valence-electron chi connectivity index (χ2n) is 7.66. The zero-order chi connectivity index (χ0) is 20.8. The maximum Gasteiger partial charge on any atom is 0.260 e. The van der Waals surface area contributed by atoms with Gasteiger partial charge in [0.05, 0.1) is 19.8 Å². The summed E-state index contributed by atoms with van der Waals surface area (Å²) in [6.07, 6.45) is 0. The molecule has 6 nitrogen and oxygen atoms in total. The minimum Gasteiger partial charge on any atom is -0.493 e. The highest BCUT2D eigenvalue weighted by molar-refractivity contribution is 8.01. The molecule has 4 rings (SSSR count). The lowest BCUT2D eigenvalue weighted by atomic mass is 10.0. The number of ether oxygens (including phenoxy) is 2. The maximum atomic E-state index is 13.4. The SMILES string of the molecule is COc1ccc2c(c1OC)C(=O)N1[C@@H]2SC(C)(C)[C@@H]1C(=O)NCc1ccccc1. The second-order valence-corrected chi connectivity index (χ2v) is 9.39. The molecule has 0 aliphatic carbocycles. The van der Waals surface area contributed by atoms with Crippen molar-refractivity contribution in [3.05, 3.63) is 59.2 Å². The van der Waals surface area contributed by atoms with Gasteiger partial charge in [-0.3, -0.25) is 9.59 Å². The van der Waals surface area contributed by atoms with Crippen LogP contribution in [0.4, 0.5) is 0 Å². The molecule has 29 heavy (non-hydrogen) atoms. The highest BCUT2D eigenvalue weighted by atomic mass is 32.2. The van der Waals surface area contributed by atoms with Gasteiger partial charge in [-0.2, -0.15) is 0 Å². The fraction of sp³-hybridized carbons (Fsp3) is 0.364. The van der Waals surface area contributed by atoms with Crippen LogP contribution in [0.25, 0.3) is 0 Å². The highest BCUT2D eigenvalue weighted by Crippen LogP contribution is 2.58. The zero-order valence-corrected chi connectivity index (χ0v) is 17.7. The van der Waals surface area contributed by atoms with Crippen molar-refractivity contribution in [2.24, 2.45) is 0 Å². The monoisotopic (exact) mass is 412 g/mol. The zero-order valence-electron chi connectivity index (χ0n) is 16.9. The van der Waals surface area contributed by atoms with E-state index in [1.54, 1.807) is 23.8 Å². The van der Waals surface area contributed by atoms with Crippen molar-refractivity contribution in [1.82, 2.24) is 10.2 Å². The van der Waals surface area contributed by atoms with E-state index in [9.17, 15) is 9.59 Å². The van der Waals surface area contributed by atoms with Crippen LogP contribution >= 0.6 is 11.8 Å². The molecule has 0 unspecified atom stereocenters. The van der Waals surface area contributed by atoms with Crippen molar-refractivity contribution in [2.45, 2.75) is 36.6 Å². The lowest BCUT2D eigenvalue weighted by Gasteiger charge is -2.29. The molecule has 1 fully saturated rings. The molecular weight excluding hydrogens is 388 g/mol. The lowest BCUT2D eigenvalue weighted by Crippen LogP contribution is -2.52. The standard InChI is InChI=1S/C22H24N2O4S/c1-22(2)18(19(25)23-12-13-8-6-5-7-9-13)24-20(26)16-14(21(24)29-22)10-11-15(27-3)17(16)28-4/h5-11,18,21H,12H2,1-4H3,(H,23,25)/t18-,21+/m0/s1. The molecule has 2 heterocycles. The van der Waals surface area contributed by atoms with Crippen LogP contribution in [0.5, 0.6) is 11.5 Å². The molecule has 2 aromatic carbocycles. The van der Waals surface area contributed by atoms with Crippen LogP contribution in [-0.2, 0) is 11.3 Å². The minimum absolute atomic E-state index is 0.152. The normalized spacial score (nSPS) is 21.5. The van der Waals surface area contributed by atoms with Gasteiger partial charge in [0.1, 0.15) is 11.4 Å². The number of carbonyl (C=O) groups is 2. The fourth-order valence-corrected chi connectivity index (χ4v) is 5.72. The molecule has 152 valence electrons. The van der Waals surface area contributed by atoms with E-state index in [1.807, 2.05) is 56.3 Å². The third kappa shape index (κ3) is 3.13. The van der Waals surface area contributed by atoms with Crippen molar-refractivity contribution < 1.29 is 19.1 Å². The van der Waals surface area contributed by atoms with Gasteiger partial charge in [0, 0.05) is 16.9 Å². The van der Waals surface area contributed by atoms with Crippen LogP contribution in [0.15, 0.2) is 42.5 Å². The third-order valence-corrected chi connectivity index (χ3v) is 6.99. The van der Waals surface area contributed by atoms with Gasteiger partial charge in [0.15, 0.2) is 11.5 Å². The molecule has 1 N–H and O–H groups in total. The van der Waals surface area contributed by atoms with Crippen LogP contribution in [-0.4, -0.2) is 41.7 Å². The van der Waals surface area contributed by atoms with E-state index in [-0.39, 0.29) is 17.2 Å². The van der Waals surface area contributed by atoms with Crippen LogP contribution in [0.1, 0.15) is 40.7 Å². The number of benzene rings is 2. The number of thioether (sulfide) groups is 1. The Kier molecular flexibility index (Phi) is 4.94. The molecule has 1 saturated heterocycles. The summed E-state index contributed by atoms with van der Waals surface area (Å²) in [5.41, 5.74) is 2.37. The lowest BCUT2D eigenvalue weighted by molar-refractivity contribution is -0.126. The average Bonchev–Trinajstić information content (AvgIpc) is 3.15. The van der Waals surface area contributed by atoms with Gasteiger partial charge in [0.2, 0.25) is 5.91 Å². The van der Waals surface area contributed by atoms with Crippen molar-refractivity contribution in [3.8, 4) is 11.5 Å². The molecule has 0 spiro atoms. The Bertz CT molecular complexity index is 961. The molecule has 0 bridgehead atoms. The molecule has 2 atom stereocenters. The summed E-state index contributed by atoms with van der Waals surface area (Å²) in [6, 6.07) is 12.9. The Labute approximate surface area is 174 Å². The van der Waals surface area contributed by atoms with Crippen LogP contribution in [0.3, 0.4) is 0 Å². The van der Waals surface area contributed by atoms with Crippen LogP contribution in [0, 0.1) is 0 Å². The number of hydrogen-bond donors (Lipinski definition) is 1. The van der Waals surface area contributed by atoms with Gasteiger partial charge in [0.25, 0.3) is 5.91 Å². The summed E-state index contributed by atoms with van der Waals surface area (Å²) in [6.45, 7) is 4.45. The van der Waals surface area contributed by atoms with Gasteiger partial charge >= 0.3 is 0 Å². The first-order valence-electron chi connectivity index (χ1n) is 9.46. The minimum atomic E-state index is -0.586. The molecule has 2 aromatic rings. The summed E-state index contributed by atoms with van der Waals surface area (Å²) in [4.78, 5) is 28.3. The number of nitrogens with zero attached hydrogens (tertiary/aromatic N) is 1. The smallest absolute Gasteiger partial charge is 0.260 e. The molecule has 2 amide bonds. The van der Waals surface area contributed by atoms with E-state index < -0.39 is 10.8 Å². The van der Waals surface area contributed by atoms with Crippen molar-refractivity contribution >= 4 is 23.6 Å². The Balaban J connectivity index is 1.65. The molecule has 0 aromatic heterocycles. The predicted octanol–water partition coefficient (Wildman–Crippen LogP) is 3.37. The molecule has 2 aliphatic heterocycles. The summed E-state index contributed by atoms with van der Waals surface area (Å²) in [7, 11) is 3.07. The topological polar surface area (TPSA) is 67.9 Å². The maximum absolute atomic E-state index is 13.4. The fourth-order valence-electron chi connectivity index (χ4n) is 4.14. The van der Waals surface area contributed by atoms with E-state index in [2.05, 4.69) is 5.32 Å². The Morgan fingerprint density at radius 3 is 2.52 bits per heavy atom. The van der Waals surface area contributed by atoms with E-state index in [0.717, 1.165) is 11.1 Å². The van der Waals surface area contributed by atoms with Gasteiger partial charge in [-0.1, -0.05) is 36.4 Å². The predicted molar refractivity (Wildman–Crippen MR) is 112 cm³/mol.